The van der Waals surface area contributed by atoms with E-state index in [9.17, 15) is 4.79 Å². The predicted molar refractivity (Wildman–Crippen MR) is 68.9 cm³/mol. The van der Waals surface area contributed by atoms with Crippen molar-refractivity contribution >= 4 is 5.91 Å². The van der Waals surface area contributed by atoms with E-state index in [1.165, 1.54) is 0 Å². The number of carbonyl (C=O) groups excluding carboxylic acids is 1. The second kappa shape index (κ2) is 7.04. The molecule has 1 saturated heterocycles. The van der Waals surface area contributed by atoms with Gasteiger partial charge in [0.1, 0.15) is 0 Å². The number of morpholine rings is 1. The number of carbonyl (C=O) groups is 1. The van der Waals surface area contributed by atoms with Crippen LogP contribution in [0.15, 0.2) is 12.4 Å². The molecule has 2 rings (SSSR count). The van der Waals surface area contributed by atoms with Gasteiger partial charge in [-0.15, -0.1) is 0 Å². The molecule has 104 valence electrons. The van der Waals surface area contributed by atoms with Crippen LogP contribution in [0.4, 0.5) is 0 Å². The number of amides is 1. The number of ether oxygens (including phenoxy) is 2. The Morgan fingerprint density at radius 1 is 1.37 bits per heavy atom. The molecular formula is C13H19N3O3. The highest BCUT2D eigenvalue weighted by molar-refractivity contribution is 5.76. The molecule has 0 saturated carbocycles. The fraction of sp³-hybridized carbons (Fsp3) is 0.615. The number of hydrogen-bond donors (Lipinski definition) is 0. The molecule has 19 heavy (non-hydrogen) atoms. The highest BCUT2D eigenvalue weighted by Crippen LogP contribution is 2.07. The van der Waals surface area contributed by atoms with Gasteiger partial charge < -0.3 is 14.4 Å². The van der Waals surface area contributed by atoms with Gasteiger partial charge in [-0.2, -0.15) is 0 Å². The summed E-state index contributed by atoms with van der Waals surface area (Å²) in [5.41, 5.74) is 0.949. The number of rotatable bonds is 5. The summed E-state index contributed by atoms with van der Waals surface area (Å²) < 4.78 is 10.4. The summed E-state index contributed by atoms with van der Waals surface area (Å²) in [5.74, 6) is 0.164. The molecule has 1 fully saturated rings. The Morgan fingerprint density at radius 2 is 2.05 bits per heavy atom. The lowest BCUT2D eigenvalue weighted by atomic mass is 10.2. The van der Waals surface area contributed by atoms with E-state index in [1.54, 1.807) is 12.4 Å². The third-order valence-electron chi connectivity index (χ3n) is 2.95. The van der Waals surface area contributed by atoms with Gasteiger partial charge >= 0.3 is 6.01 Å². The molecular weight excluding hydrogens is 246 g/mol. The quantitative estimate of drug-likeness (QED) is 0.783. The van der Waals surface area contributed by atoms with Gasteiger partial charge in [-0.1, -0.05) is 0 Å². The minimum Gasteiger partial charge on any atom is -0.464 e. The molecule has 6 heteroatoms. The molecule has 0 spiro atoms. The molecule has 1 amide bonds. The van der Waals surface area contributed by atoms with E-state index in [0.717, 1.165) is 5.56 Å². The van der Waals surface area contributed by atoms with Crippen LogP contribution in [0, 0.1) is 0 Å². The Balaban J connectivity index is 1.79. The first-order valence-corrected chi connectivity index (χ1v) is 6.59. The molecule has 0 atom stereocenters. The molecule has 2 heterocycles. The van der Waals surface area contributed by atoms with Gasteiger partial charge in [-0.25, -0.2) is 9.97 Å². The lowest BCUT2D eigenvalue weighted by Gasteiger charge is -2.26. The van der Waals surface area contributed by atoms with Gasteiger partial charge in [-0.05, 0) is 18.9 Å². The highest BCUT2D eigenvalue weighted by atomic mass is 16.5. The summed E-state index contributed by atoms with van der Waals surface area (Å²) in [7, 11) is 0. The maximum Gasteiger partial charge on any atom is 0.316 e. The normalized spacial score (nSPS) is 15.3. The van der Waals surface area contributed by atoms with Crippen LogP contribution < -0.4 is 4.74 Å². The second-order valence-electron chi connectivity index (χ2n) is 4.30. The maximum absolute atomic E-state index is 11.9. The van der Waals surface area contributed by atoms with Crippen molar-refractivity contribution in [1.82, 2.24) is 14.9 Å². The van der Waals surface area contributed by atoms with E-state index in [0.29, 0.717) is 51.8 Å². The number of nitrogens with zero attached hydrogens (tertiary/aromatic N) is 3. The molecule has 0 N–H and O–H groups in total. The highest BCUT2D eigenvalue weighted by Gasteiger charge is 2.16. The Hall–Kier alpha value is -1.69. The zero-order valence-corrected chi connectivity index (χ0v) is 11.2. The first-order valence-electron chi connectivity index (χ1n) is 6.59. The van der Waals surface area contributed by atoms with Crippen LogP contribution >= 0.6 is 0 Å². The Labute approximate surface area is 112 Å². The Kier molecular flexibility index (Phi) is 5.09. The first kappa shape index (κ1) is 13.7. The van der Waals surface area contributed by atoms with Gasteiger partial charge in [0.2, 0.25) is 5.91 Å². The number of aromatic nitrogens is 2. The van der Waals surface area contributed by atoms with Gasteiger partial charge in [0.25, 0.3) is 0 Å². The van der Waals surface area contributed by atoms with Crippen molar-refractivity contribution in [3.63, 3.8) is 0 Å². The Morgan fingerprint density at radius 3 is 2.68 bits per heavy atom. The van der Waals surface area contributed by atoms with Gasteiger partial charge in [-0.3, -0.25) is 4.79 Å². The van der Waals surface area contributed by atoms with Crippen molar-refractivity contribution in [1.29, 1.82) is 0 Å². The molecule has 0 unspecified atom stereocenters. The van der Waals surface area contributed by atoms with Crippen LogP contribution in [0.25, 0.3) is 0 Å². The van der Waals surface area contributed by atoms with Crippen molar-refractivity contribution in [2.75, 3.05) is 32.9 Å². The molecule has 6 nitrogen and oxygen atoms in total. The topological polar surface area (TPSA) is 64.5 Å². The molecule has 1 aromatic rings. The largest absolute Gasteiger partial charge is 0.464 e. The minimum absolute atomic E-state index is 0.164. The minimum atomic E-state index is 0.164. The second-order valence-corrected chi connectivity index (χ2v) is 4.30. The molecule has 0 radical (unpaired) electrons. The monoisotopic (exact) mass is 265 g/mol. The summed E-state index contributed by atoms with van der Waals surface area (Å²) in [4.78, 5) is 22.0. The summed E-state index contributed by atoms with van der Waals surface area (Å²) in [6, 6.07) is 0.380. The average molecular weight is 265 g/mol. The number of hydrogen-bond acceptors (Lipinski definition) is 5. The molecule has 0 bridgehead atoms. The molecule has 1 aliphatic heterocycles. The maximum atomic E-state index is 11.9. The zero-order chi connectivity index (χ0) is 13.5. The van der Waals surface area contributed by atoms with Crippen molar-refractivity contribution in [2.24, 2.45) is 0 Å². The van der Waals surface area contributed by atoms with Crippen molar-refractivity contribution in [3.8, 4) is 6.01 Å². The van der Waals surface area contributed by atoms with Crippen molar-refractivity contribution in [2.45, 2.75) is 19.8 Å². The van der Waals surface area contributed by atoms with Crippen LogP contribution in [0.5, 0.6) is 6.01 Å². The fourth-order valence-electron chi connectivity index (χ4n) is 1.90. The molecule has 0 aliphatic carbocycles. The van der Waals surface area contributed by atoms with Crippen LogP contribution in [-0.4, -0.2) is 53.7 Å². The van der Waals surface area contributed by atoms with Crippen LogP contribution in [0.1, 0.15) is 18.9 Å². The van der Waals surface area contributed by atoms with E-state index in [-0.39, 0.29) is 5.91 Å². The van der Waals surface area contributed by atoms with E-state index in [2.05, 4.69) is 9.97 Å². The van der Waals surface area contributed by atoms with Crippen molar-refractivity contribution < 1.29 is 14.3 Å². The van der Waals surface area contributed by atoms with E-state index >= 15 is 0 Å². The smallest absolute Gasteiger partial charge is 0.316 e. The molecule has 1 aromatic heterocycles. The van der Waals surface area contributed by atoms with E-state index < -0.39 is 0 Å². The summed E-state index contributed by atoms with van der Waals surface area (Å²) in [5, 5.41) is 0. The van der Waals surface area contributed by atoms with Crippen molar-refractivity contribution in [3.05, 3.63) is 18.0 Å². The summed E-state index contributed by atoms with van der Waals surface area (Å²) in [6.07, 6.45) is 4.56. The summed E-state index contributed by atoms with van der Waals surface area (Å²) >= 11 is 0. The summed E-state index contributed by atoms with van der Waals surface area (Å²) in [6.45, 7) is 5.10. The first-order chi connectivity index (χ1) is 9.29. The van der Waals surface area contributed by atoms with E-state index in [1.807, 2.05) is 11.8 Å². The SMILES string of the molecule is CCOc1ncc(CCC(=O)N2CCOCC2)cn1. The van der Waals surface area contributed by atoms with Gasteiger partial charge in [0, 0.05) is 31.9 Å². The zero-order valence-electron chi connectivity index (χ0n) is 11.2. The van der Waals surface area contributed by atoms with Crippen LogP contribution in [-0.2, 0) is 16.0 Å². The van der Waals surface area contributed by atoms with E-state index in [4.69, 9.17) is 9.47 Å². The predicted octanol–water partition coefficient (Wildman–Crippen LogP) is 0.667. The third-order valence-corrected chi connectivity index (χ3v) is 2.95. The third kappa shape index (κ3) is 4.17. The van der Waals surface area contributed by atoms with Gasteiger partial charge in [0.05, 0.1) is 19.8 Å². The fourth-order valence-corrected chi connectivity index (χ4v) is 1.90. The van der Waals surface area contributed by atoms with Crippen LogP contribution in [0.3, 0.4) is 0 Å². The van der Waals surface area contributed by atoms with Crippen LogP contribution in [0.2, 0.25) is 0 Å². The molecule has 1 aliphatic rings. The standard InChI is InChI=1S/C13H19N3O3/c1-2-19-13-14-9-11(10-15-13)3-4-12(17)16-5-7-18-8-6-16/h9-10H,2-8H2,1H3. The van der Waals surface area contributed by atoms with Gasteiger partial charge in [0.15, 0.2) is 0 Å². The number of aryl methyl sites for hydroxylation is 1. The average Bonchev–Trinajstić information content (AvgIpc) is 2.47. The lowest BCUT2D eigenvalue weighted by Crippen LogP contribution is -2.40. The lowest BCUT2D eigenvalue weighted by molar-refractivity contribution is -0.135. The molecule has 0 aromatic carbocycles. The Bertz CT molecular complexity index is 402.